The molecule has 1 aromatic carbocycles. The fourth-order valence-electron chi connectivity index (χ4n) is 2.73. The van der Waals surface area contributed by atoms with Crippen LogP contribution in [-0.2, 0) is 6.54 Å². The van der Waals surface area contributed by atoms with Gasteiger partial charge >= 0.3 is 0 Å². The van der Waals surface area contributed by atoms with Crippen molar-refractivity contribution in [3.8, 4) is 0 Å². The predicted molar refractivity (Wildman–Crippen MR) is 78.8 cm³/mol. The van der Waals surface area contributed by atoms with Gasteiger partial charge in [0.05, 0.1) is 16.3 Å². The summed E-state index contributed by atoms with van der Waals surface area (Å²) in [6, 6.07) is 6.76. The van der Waals surface area contributed by atoms with E-state index in [1.807, 2.05) is 19.1 Å². The Morgan fingerprint density at radius 2 is 2.26 bits per heavy atom. The molecule has 3 rings (SSSR count). The van der Waals surface area contributed by atoms with Gasteiger partial charge in [-0.05, 0) is 37.8 Å². The van der Waals surface area contributed by atoms with E-state index in [1.54, 1.807) is 0 Å². The van der Waals surface area contributed by atoms with Crippen LogP contribution >= 0.6 is 11.6 Å². The van der Waals surface area contributed by atoms with Gasteiger partial charge in [-0.2, -0.15) is 0 Å². The third-order valence-corrected chi connectivity index (χ3v) is 4.30. The SMILES string of the molecule is CC1(O)CCN(c2c(Cl)cccc2CNC2CC2)C1. The zero-order chi connectivity index (χ0) is 13.5. The number of nitrogens with one attached hydrogen (secondary N) is 1. The van der Waals surface area contributed by atoms with E-state index >= 15 is 0 Å². The second-order valence-electron chi connectivity index (χ2n) is 6.07. The Morgan fingerprint density at radius 1 is 1.47 bits per heavy atom. The molecular weight excluding hydrogens is 260 g/mol. The molecule has 2 aliphatic rings. The van der Waals surface area contributed by atoms with Gasteiger partial charge in [-0.25, -0.2) is 0 Å². The maximum absolute atomic E-state index is 10.1. The molecule has 3 nitrogen and oxygen atoms in total. The summed E-state index contributed by atoms with van der Waals surface area (Å²) < 4.78 is 0. The Labute approximate surface area is 119 Å². The van der Waals surface area contributed by atoms with Crippen LogP contribution in [0.5, 0.6) is 0 Å². The van der Waals surface area contributed by atoms with Crippen molar-refractivity contribution < 1.29 is 5.11 Å². The van der Waals surface area contributed by atoms with Crippen LogP contribution in [-0.4, -0.2) is 29.8 Å². The first-order chi connectivity index (χ1) is 9.05. The number of para-hydroxylation sites is 1. The predicted octanol–water partition coefficient (Wildman–Crippen LogP) is 2.55. The van der Waals surface area contributed by atoms with E-state index in [2.05, 4.69) is 16.3 Å². The van der Waals surface area contributed by atoms with Crippen LogP contribution in [0.4, 0.5) is 5.69 Å². The fourth-order valence-corrected chi connectivity index (χ4v) is 3.05. The number of rotatable bonds is 4. The van der Waals surface area contributed by atoms with Crippen molar-refractivity contribution in [1.82, 2.24) is 5.32 Å². The minimum atomic E-state index is -0.597. The van der Waals surface area contributed by atoms with Crippen LogP contribution in [0.1, 0.15) is 31.7 Å². The second kappa shape index (κ2) is 4.97. The molecule has 4 heteroatoms. The van der Waals surface area contributed by atoms with Gasteiger partial charge in [0.1, 0.15) is 0 Å². The van der Waals surface area contributed by atoms with E-state index in [0.717, 1.165) is 30.2 Å². The molecule has 1 aliphatic heterocycles. The van der Waals surface area contributed by atoms with Crippen LogP contribution in [0.3, 0.4) is 0 Å². The monoisotopic (exact) mass is 280 g/mol. The molecule has 2 fully saturated rings. The van der Waals surface area contributed by atoms with Gasteiger partial charge in [-0.15, -0.1) is 0 Å². The number of anilines is 1. The minimum absolute atomic E-state index is 0.597. The zero-order valence-corrected chi connectivity index (χ0v) is 12.1. The minimum Gasteiger partial charge on any atom is -0.388 e. The molecule has 0 spiro atoms. The molecule has 2 N–H and O–H groups in total. The summed E-state index contributed by atoms with van der Waals surface area (Å²) >= 11 is 6.38. The summed E-state index contributed by atoms with van der Waals surface area (Å²) in [5.41, 5.74) is 1.73. The first kappa shape index (κ1) is 13.2. The molecule has 0 aromatic heterocycles. The Kier molecular flexibility index (Phi) is 3.46. The quantitative estimate of drug-likeness (QED) is 0.890. The summed E-state index contributed by atoms with van der Waals surface area (Å²) in [6.07, 6.45) is 3.37. The summed E-state index contributed by atoms with van der Waals surface area (Å²) in [7, 11) is 0. The summed E-state index contributed by atoms with van der Waals surface area (Å²) in [5, 5.41) is 14.5. The second-order valence-corrected chi connectivity index (χ2v) is 6.48. The van der Waals surface area contributed by atoms with Gasteiger partial charge in [-0.3, -0.25) is 0 Å². The lowest BCUT2D eigenvalue weighted by Gasteiger charge is -2.25. The Hall–Kier alpha value is -0.770. The van der Waals surface area contributed by atoms with Crippen molar-refractivity contribution in [3.05, 3.63) is 28.8 Å². The summed E-state index contributed by atoms with van der Waals surface area (Å²) in [6.45, 7) is 4.28. The molecule has 19 heavy (non-hydrogen) atoms. The highest BCUT2D eigenvalue weighted by Gasteiger charge is 2.33. The van der Waals surface area contributed by atoms with E-state index < -0.39 is 5.60 Å². The van der Waals surface area contributed by atoms with Gasteiger partial charge < -0.3 is 15.3 Å². The molecule has 1 heterocycles. The van der Waals surface area contributed by atoms with Crippen molar-refractivity contribution in [2.24, 2.45) is 0 Å². The van der Waals surface area contributed by atoms with Crippen LogP contribution in [0, 0.1) is 0 Å². The number of benzene rings is 1. The van der Waals surface area contributed by atoms with E-state index in [0.29, 0.717) is 12.6 Å². The first-order valence-corrected chi connectivity index (χ1v) is 7.41. The highest BCUT2D eigenvalue weighted by Crippen LogP contribution is 2.35. The lowest BCUT2D eigenvalue weighted by Crippen LogP contribution is -2.30. The molecular formula is C15H21ClN2O. The van der Waals surface area contributed by atoms with Crippen LogP contribution in [0.25, 0.3) is 0 Å². The molecule has 0 bridgehead atoms. The standard InChI is InChI=1S/C15H21ClN2O/c1-15(19)7-8-18(10-15)14-11(3-2-4-13(14)16)9-17-12-5-6-12/h2-4,12,17,19H,5-10H2,1H3. The molecule has 0 amide bonds. The molecule has 1 aromatic rings. The molecule has 1 saturated heterocycles. The average Bonchev–Trinajstić information content (AvgIpc) is 3.11. The number of halogens is 1. The number of hydrogen-bond donors (Lipinski definition) is 2. The normalized spacial score (nSPS) is 27.0. The molecule has 1 unspecified atom stereocenters. The molecule has 1 saturated carbocycles. The maximum atomic E-state index is 10.1. The van der Waals surface area contributed by atoms with E-state index in [9.17, 15) is 5.11 Å². The van der Waals surface area contributed by atoms with E-state index in [1.165, 1.54) is 18.4 Å². The fraction of sp³-hybridized carbons (Fsp3) is 0.600. The van der Waals surface area contributed by atoms with Crippen molar-refractivity contribution in [2.45, 2.75) is 44.4 Å². The van der Waals surface area contributed by atoms with Crippen LogP contribution in [0.15, 0.2) is 18.2 Å². The topological polar surface area (TPSA) is 35.5 Å². The Morgan fingerprint density at radius 3 is 2.89 bits per heavy atom. The number of hydrogen-bond acceptors (Lipinski definition) is 3. The third-order valence-electron chi connectivity index (χ3n) is 4.00. The summed E-state index contributed by atoms with van der Waals surface area (Å²) in [4.78, 5) is 2.21. The largest absolute Gasteiger partial charge is 0.388 e. The average molecular weight is 281 g/mol. The van der Waals surface area contributed by atoms with Crippen LogP contribution < -0.4 is 10.2 Å². The van der Waals surface area contributed by atoms with Gasteiger partial charge in [0.2, 0.25) is 0 Å². The van der Waals surface area contributed by atoms with Crippen molar-refractivity contribution in [2.75, 3.05) is 18.0 Å². The molecule has 1 atom stereocenters. The highest BCUT2D eigenvalue weighted by molar-refractivity contribution is 6.33. The number of nitrogens with zero attached hydrogens (tertiary/aromatic N) is 1. The summed E-state index contributed by atoms with van der Waals surface area (Å²) in [5.74, 6) is 0. The van der Waals surface area contributed by atoms with Gasteiger partial charge in [0.15, 0.2) is 0 Å². The van der Waals surface area contributed by atoms with E-state index in [4.69, 9.17) is 11.6 Å². The molecule has 1 aliphatic carbocycles. The van der Waals surface area contributed by atoms with E-state index in [-0.39, 0.29) is 0 Å². The zero-order valence-electron chi connectivity index (χ0n) is 11.3. The third kappa shape index (κ3) is 3.04. The van der Waals surface area contributed by atoms with Gasteiger partial charge in [-0.1, -0.05) is 23.7 Å². The number of β-amino-alcohol motifs (C(OH)–C–C–N with tert-alkyl or cyclic N) is 1. The lowest BCUT2D eigenvalue weighted by molar-refractivity contribution is 0.0839. The number of aliphatic hydroxyl groups is 1. The maximum Gasteiger partial charge on any atom is 0.0810 e. The van der Waals surface area contributed by atoms with Gasteiger partial charge in [0.25, 0.3) is 0 Å². The highest BCUT2D eigenvalue weighted by atomic mass is 35.5. The Bertz CT molecular complexity index is 471. The molecule has 104 valence electrons. The smallest absolute Gasteiger partial charge is 0.0810 e. The van der Waals surface area contributed by atoms with Crippen molar-refractivity contribution in [1.29, 1.82) is 0 Å². The van der Waals surface area contributed by atoms with Crippen molar-refractivity contribution in [3.63, 3.8) is 0 Å². The lowest BCUT2D eigenvalue weighted by atomic mass is 10.1. The van der Waals surface area contributed by atoms with Crippen LogP contribution in [0.2, 0.25) is 5.02 Å². The van der Waals surface area contributed by atoms with Crippen molar-refractivity contribution >= 4 is 17.3 Å². The van der Waals surface area contributed by atoms with Gasteiger partial charge in [0, 0.05) is 25.7 Å². The Balaban J connectivity index is 1.81. The first-order valence-electron chi connectivity index (χ1n) is 7.03. The molecule has 0 radical (unpaired) electrons.